The topological polar surface area (TPSA) is 36.4 Å². The van der Waals surface area contributed by atoms with E-state index in [1.807, 2.05) is 12.1 Å². The number of aryl methyl sites for hydroxylation is 1. The van der Waals surface area contributed by atoms with Gasteiger partial charge in [0.1, 0.15) is 0 Å². The summed E-state index contributed by atoms with van der Waals surface area (Å²) < 4.78 is 0. The molecular weight excluding hydrogens is 358 g/mol. The maximum Gasteiger partial charge on any atom is 0.258 e. The number of fused-ring (bicyclic) bond motifs is 1. The van der Waals surface area contributed by atoms with Crippen molar-refractivity contribution in [2.24, 2.45) is 0 Å². The van der Waals surface area contributed by atoms with Crippen LogP contribution in [0.4, 0.5) is 11.5 Å². The fourth-order valence-electron chi connectivity index (χ4n) is 3.35. The van der Waals surface area contributed by atoms with Gasteiger partial charge in [0, 0.05) is 36.4 Å². The first-order valence-corrected chi connectivity index (χ1v) is 9.32. The van der Waals surface area contributed by atoms with Crippen LogP contribution in [0, 0.1) is 6.92 Å². The average Bonchev–Trinajstić information content (AvgIpc) is 2.69. The number of anilines is 2. The van der Waals surface area contributed by atoms with Gasteiger partial charge in [0.25, 0.3) is 5.91 Å². The van der Waals surface area contributed by atoms with Crippen molar-refractivity contribution in [3.63, 3.8) is 0 Å². The van der Waals surface area contributed by atoms with Crippen LogP contribution in [0.25, 0.3) is 0 Å². The summed E-state index contributed by atoms with van der Waals surface area (Å²) in [5, 5.41) is 0.560. The lowest BCUT2D eigenvalue weighted by Gasteiger charge is -2.36. The summed E-state index contributed by atoms with van der Waals surface area (Å²) in [5.41, 5.74) is 3.89. The molecule has 0 saturated carbocycles. The van der Waals surface area contributed by atoms with Crippen LogP contribution < -0.4 is 9.80 Å². The lowest BCUT2D eigenvalue weighted by atomic mass is 10.1. The molecule has 0 radical (unpaired) electrons. The maximum atomic E-state index is 13.0. The summed E-state index contributed by atoms with van der Waals surface area (Å²) in [6, 6.07) is 19.4. The average molecular weight is 378 g/mol. The second-order valence-corrected chi connectivity index (χ2v) is 7.16. The number of hydrogen-bond acceptors (Lipinski definition) is 3. The Labute approximate surface area is 164 Å². The van der Waals surface area contributed by atoms with E-state index < -0.39 is 0 Å². The van der Waals surface area contributed by atoms with Crippen LogP contribution in [0.1, 0.15) is 21.5 Å². The minimum atomic E-state index is -0.0539. The predicted octanol–water partition coefficient (Wildman–Crippen LogP) is 4.71. The number of amides is 1. The van der Waals surface area contributed by atoms with E-state index in [1.54, 1.807) is 35.4 Å². The Kier molecular flexibility index (Phi) is 4.82. The molecule has 0 bridgehead atoms. The largest absolute Gasteiger partial charge is 0.349 e. The van der Waals surface area contributed by atoms with Crippen LogP contribution in [-0.4, -0.2) is 24.0 Å². The first-order valence-electron chi connectivity index (χ1n) is 8.95. The zero-order chi connectivity index (χ0) is 18.8. The lowest BCUT2D eigenvalue weighted by molar-refractivity contribution is 0.0986. The van der Waals surface area contributed by atoms with Crippen molar-refractivity contribution < 1.29 is 4.79 Å². The normalized spacial score (nSPS) is 13.4. The van der Waals surface area contributed by atoms with Crippen molar-refractivity contribution in [1.82, 2.24) is 4.98 Å². The van der Waals surface area contributed by atoms with Gasteiger partial charge in [-0.2, -0.15) is 0 Å². The van der Waals surface area contributed by atoms with Crippen molar-refractivity contribution in [1.29, 1.82) is 0 Å². The van der Waals surface area contributed by atoms with Gasteiger partial charge in [0.05, 0.1) is 5.69 Å². The molecule has 0 atom stereocenters. The fraction of sp³-hybridized carbons (Fsp3) is 0.182. The van der Waals surface area contributed by atoms with Crippen LogP contribution >= 0.6 is 11.6 Å². The van der Waals surface area contributed by atoms with Crippen molar-refractivity contribution in [2.75, 3.05) is 22.9 Å². The van der Waals surface area contributed by atoms with Gasteiger partial charge in [-0.05, 0) is 42.8 Å². The fourth-order valence-corrected chi connectivity index (χ4v) is 3.54. The second kappa shape index (κ2) is 7.41. The molecule has 1 aliphatic heterocycles. The van der Waals surface area contributed by atoms with Gasteiger partial charge < -0.3 is 9.80 Å². The van der Waals surface area contributed by atoms with Gasteiger partial charge in [-0.15, -0.1) is 0 Å². The minimum Gasteiger partial charge on any atom is -0.349 e. The highest BCUT2D eigenvalue weighted by molar-refractivity contribution is 6.31. The molecule has 0 spiro atoms. The first kappa shape index (κ1) is 17.6. The first-order chi connectivity index (χ1) is 13.1. The monoisotopic (exact) mass is 377 g/mol. The van der Waals surface area contributed by atoms with Crippen LogP contribution in [0.2, 0.25) is 5.02 Å². The molecule has 1 aromatic heterocycles. The Morgan fingerprint density at radius 3 is 2.67 bits per heavy atom. The number of nitrogens with zero attached hydrogens (tertiary/aromatic N) is 3. The number of pyridine rings is 1. The second-order valence-electron chi connectivity index (χ2n) is 6.72. The molecule has 3 aromatic rings. The van der Waals surface area contributed by atoms with Crippen LogP contribution in [-0.2, 0) is 6.54 Å². The number of hydrogen-bond donors (Lipinski definition) is 0. The standard InChI is InChI=1S/C22H20ClN3O/c1-16-7-9-17(10-8-16)15-25-12-13-26(20-6-3-11-24-21(20)25)22(27)18-4-2-5-19(23)14-18/h2-11,14H,12-13,15H2,1H3. The summed E-state index contributed by atoms with van der Waals surface area (Å²) in [4.78, 5) is 21.6. The van der Waals surface area contributed by atoms with Gasteiger partial charge in [-0.3, -0.25) is 4.79 Å². The van der Waals surface area contributed by atoms with E-state index in [1.165, 1.54) is 11.1 Å². The third-order valence-corrected chi connectivity index (χ3v) is 5.00. The van der Waals surface area contributed by atoms with Crippen molar-refractivity contribution in [2.45, 2.75) is 13.5 Å². The van der Waals surface area contributed by atoms with Crippen LogP contribution in [0.3, 0.4) is 0 Å². The van der Waals surface area contributed by atoms with E-state index in [4.69, 9.17) is 11.6 Å². The number of benzene rings is 2. The van der Waals surface area contributed by atoms with Gasteiger partial charge >= 0.3 is 0 Å². The number of halogens is 1. The SMILES string of the molecule is Cc1ccc(CN2CCN(C(=O)c3cccc(Cl)c3)c3cccnc32)cc1. The summed E-state index contributed by atoms with van der Waals surface area (Å²) >= 11 is 6.06. The Balaban J connectivity index is 1.63. The molecule has 4 nitrogen and oxygen atoms in total. The number of rotatable bonds is 3. The highest BCUT2D eigenvalue weighted by Gasteiger charge is 2.28. The highest BCUT2D eigenvalue weighted by atomic mass is 35.5. The quantitative estimate of drug-likeness (QED) is 0.663. The molecule has 0 saturated heterocycles. The molecule has 1 aliphatic rings. The van der Waals surface area contributed by atoms with E-state index in [0.717, 1.165) is 24.6 Å². The molecule has 0 unspecified atom stereocenters. The Bertz CT molecular complexity index is 971. The minimum absolute atomic E-state index is 0.0539. The lowest BCUT2D eigenvalue weighted by Crippen LogP contribution is -2.44. The zero-order valence-electron chi connectivity index (χ0n) is 15.1. The molecule has 1 amide bonds. The molecule has 2 heterocycles. The maximum absolute atomic E-state index is 13.0. The van der Waals surface area contributed by atoms with Crippen molar-refractivity contribution >= 4 is 29.0 Å². The van der Waals surface area contributed by atoms with E-state index in [0.29, 0.717) is 17.1 Å². The number of aromatic nitrogens is 1. The Morgan fingerprint density at radius 1 is 1.07 bits per heavy atom. The summed E-state index contributed by atoms with van der Waals surface area (Å²) in [7, 11) is 0. The molecule has 0 N–H and O–H groups in total. The van der Waals surface area contributed by atoms with Gasteiger partial charge in [-0.1, -0.05) is 47.5 Å². The molecular formula is C22H20ClN3O. The Hall–Kier alpha value is -2.85. The summed E-state index contributed by atoms with van der Waals surface area (Å²) in [6.45, 7) is 4.18. The number of carbonyl (C=O) groups excluding carboxylic acids is 1. The molecule has 27 heavy (non-hydrogen) atoms. The number of carbonyl (C=O) groups is 1. The molecule has 136 valence electrons. The third-order valence-electron chi connectivity index (χ3n) is 4.76. The van der Waals surface area contributed by atoms with Crippen LogP contribution in [0.5, 0.6) is 0 Å². The molecule has 5 heteroatoms. The smallest absolute Gasteiger partial charge is 0.258 e. The predicted molar refractivity (Wildman–Crippen MR) is 110 cm³/mol. The van der Waals surface area contributed by atoms with Gasteiger partial charge in [0.2, 0.25) is 0 Å². The molecule has 0 aliphatic carbocycles. The molecule has 2 aromatic carbocycles. The van der Waals surface area contributed by atoms with Gasteiger partial charge in [0.15, 0.2) is 5.82 Å². The van der Waals surface area contributed by atoms with E-state index in [-0.39, 0.29) is 5.91 Å². The van der Waals surface area contributed by atoms with Crippen molar-refractivity contribution in [3.05, 3.63) is 88.6 Å². The van der Waals surface area contributed by atoms with Crippen LogP contribution in [0.15, 0.2) is 66.9 Å². The molecule has 4 rings (SSSR count). The summed E-state index contributed by atoms with van der Waals surface area (Å²) in [5.74, 6) is 0.779. The van der Waals surface area contributed by atoms with E-state index in [9.17, 15) is 4.79 Å². The molecule has 0 fully saturated rings. The Morgan fingerprint density at radius 2 is 1.89 bits per heavy atom. The van der Waals surface area contributed by atoms with Crippen molar-refractivity contribution in [3.8, 4) is 0 Å². The zero-order valence-corrected chi connectivity index (χ0v) is 15.9. The van der Waals surface area contributed by atoms with Gasteiger partial charge in [-0.25, -0.2) is 4.98 Å². The third kappa shape index (κ3) is 3.67. The summed E-state index contributed by atoms with van der Waals surface area (Å²) in [6.07, 6.45) is 1.77. The highest BCUT2D eigenvalue weighted by Crippen LogP contribution is 2.32. The van der Waals surface area contributed by atoms with E-state index >= 15 is 0 Å². The van der Waals surface area contributed by atoms with E-state index in [2.05, 4.69) is 41.1 Å².